The number of piperazine rings is 1. The predicted molar refractivity (Wildman–Crippen MR) is 151 cm³/mol. The average molecular weight is 515 g/mol. The summed E-state index contributed by atoms with van der Waals surface area (Å²) in [6.45, 7) is 9.33. The van der Waals surface area contributed by atoms with Crippen LogP contribution in [0, 0.1) is 0 Å². The normalized spacial score (nSPS) is 15.1. The fourth-order valence-corrected chi connectivity index (χ4v) is 4.73. The number of aromatic nitrogens is 2. The summed E-state index contributed by atoms with van der Waals surface area (Å²) in [6.07, 6.45) is 9.95. The lowest BCUT2D eigenvalue weighted by molar-refractivity contribution is -0.137. The zero-order valence-corrected chi connectivity index (χ0v) is 22.4. The Kier molecular flexibility index (Phi) is 9.87. The van der Waals surface area contributed by atoms with E-state index in [-0.39, 0.29) is 12.3 Å². The maximum absolute atomic E-state index is 11.1. The summed E-state index contributed by atoms with van der Waals surface area (Å²) in [7, 11) is 0. The van der Waals surface area contributed by atoms with Gasteiger partial charge in [-0.05, 0) is 47.7 Å². The predicted octanol–water partition coefficient (Wildman–Crippen LogP) is 5.46. The summed E-state index contributed by atoms with van der Waals surface area (Å²) in [4.78, 5) is 25.0. The largest absolute Gasteiger partial charge is 0.489 e. The lowest BCUT2D eigenvalue weighted by Crippen LogP contribution is -2.46. The molecule has 0 bridgehead atoms. The van der Waals surface area contributed by atoms with Gasteiger partial charge in [0.15, 0.2) is 0 Å². The van der Waals surface area contributed by atoms with Gasteiger partial charge in [0.25, 0.3) is 0 Å². The highest BCUT2D eigenvalue weighted by Gasteiger charge is 2.19. The molecule has 1 saturated heterocycles. The molecule has 2 aromatic carbocycles. The van der Waals surface area contributed by atoms with Crippen molar-refractivity contribution in [1.82, 2.24) is 14.9 Å². The van der Waals surface area contributed by atoms with Crippen LogP contribution in [0.25, 0.3) is 0 Å². The molecule has 0 saturated carbocycles. The van der Waals surface area contributed by atoms with Gasteiger partial charge < -0.3 is 14.7 Å². The first kappa shape index (κ1) is 27.3. The van der Waals surface area contributed by atoms with Crippen molar-refractivity contribution in [3.63, 3.8) is 0 Å². The number of aliphatic carboxylic acids is 1. The van der Waals surface area contributed by atoms with Gasteiger partial charge in [-0.1, -0.05) is 61.9 Å². The molecule has 1 fully saturated rings. The van der Waals surface area contributed by atoms with Crippen molar-refractivity contribution in [1.29, 1.82) is 0 Å². The number of anilines is 1. The van der Waals surface area contributed by atoms with Crippen LogP contribution >= 0.6 is 0 Å². The van der Waals surface area contributed by atoms with E-state index in [0.717, 1.165) is 68.4 Å². The molecule has 38 heavy (non-hydrogen) atoms. The zero-order valence-electron chi connectivity index (χ0n) is 22.4. The number of allylic oxidation sites excluding steroid dienone is 2. The Balaban J connectivity index is 1.22. The quantitative estimate of drug-likeness (QED) is 0.321. The Morgan fingerprint density at radius 3 is 2.24 bits per heavy atom. The van der Waals surface area contributed by atoms with E-state index >= 15 is 0 Å². The second-order valence-electron chi connectivity index (χ2n) is 9.81. The molecule has 1 aliphatic heterocycles. The van der Waals surface area contributed by atoms with Crippen LogP contribution < -0.4 is 9.64 Å². The summed E-state index contributed by atoms with van der Waals surface area (Å²) in [5, 5.41) is 9.16. The van der Waals surface area contributed by atoms with Gasteiger partial charge >= 0.3 is 5.97 Å². The third-order valence-electron chi connectivity index (χ3n) is 6.85. The monoisotopic (exact) mass is 514 g/mol. The third kappa shape index (κ3) is 7.89. The van der Waals surface area contributed by atoms with Crippen LogP contribution in [0.1, 0.15) is 54.9 Å². The number of carboxylic acids is 1. The third-order valence-corrected chi connectivity index (χ3v) is 6.85. The number of rotatable bonds is 12. The number of carboxylic acid groups (broad SMARTS) is 1. The lowest BCUT2D eigenvalue weighted by atomic mass is 9.95. The van der Waals surface area contributed by atoms with Gasteiger partial charge in [-0.3, -0.25) is 9.69 Å². The molecule has 1 aromatic heterocycles. The number of hydrogen-bond acceptors (Lipinski definition) is 6. The van der Waals surface area contributed by atoms with E-state index in [0.29, 0.717) is 6.61 Å². The SMILES string of the molecule is CC=CC(CC(=O)O)c1ccc(OCc2ccc(CN3CCN(c4ncc(CCC)cn4)CC3)cc2)cc1. The van der Waals surface area contributed by atoms with Gasteiger partial charge in [-0.25, -0.2) is 9.97 Å². The molecule has 7 heteroatoms. The van der Waals surface area contributed by atoms with E-state index in [4.69, 9.17) is 9.84 Å². The molecule has 0 spiro atoms. The molecule has 0 amide bonds. The molecule has 1 aliphatic rings. The fraction of sp³-hybridized carbons (Fsp3) is 0.387. The molecule has 4 rings (SSSR count). The minimum Gasteiger partial charge on any atom is -0.489 e. The minimum absolute atomic E-state index is 0.0773. The second-order valence-corrected chi connectivity index (χ2v) is 9.81. The highest BCUT2D eigenvalue weighted by Crippen LogP contribution is 2.24. The molecular formula is C31H38N4O3. The summed E-state index contributed by atoms with van der Waals surface area (Å²) >= 11 is 0. The second kappa shape index (κ2) is 13.7. The topological polar surface area (TPSA) is 78.8 Å². The van der Waals surface area contributed by atoms with Crippen LogP contribution in [-0.2, 0) is 24.4 Å². The van der Waals surface area contributed by atoms with E-state index < -0.39 is 5.97 Å². The smallest absolute Gasteiger partial charge is 0.304 e. The Labute approximate surface area is 225 Å². The van der Waals surface area contributed by atoms with Crippen molar-refractivity contribution < 1.29 is 14.6 Å². The molecule has 1 N–H and O–H groups in total. The van der Waals surface area contributed by atoms with E-state index in [1.165, 1.54) is 11.1 Å². The maximum atomic E-state index is 11.1. The molecule has 0 aliphatic carbocycles. The lowest BCUT2D eigenvalue weighted by Gasteiger charge is -2.34. The van der Waals surface area contributed by atoms with Crippen LogP contribution in [0.15, 0.2) is 73.1 Å². The van der Waals surface area contributed by atoms with Gasteiger partial charge in [0.2, 0.25) is 5.95 Å². The van der Waals surface area contributed by atoms with Crippen molar-refractivity contribution in [2.75, 3.05) is 31.1 Å². The summed E-state index contributed by atoms with van der Waals surface area (Å²) < 4.78 is 5.97. The average Bonchev–Trinajstić information content (AvgIpc) is 2.94. The molecule has 1 unspecified atom stereocenters. The fourth-order valence-electron chi connectivity index (χ4n) is 4.73. The van der Waals surface area contributed by atoms with Gasteiger partial charge in [-0.15, -0.1) is 0 Å². The van der Waals surface area contributed by atoms with Crippen LogP contribution in [0.2, 0.25) is 0 Å². The summed E-state index contributed by atoms with van der Waals surface area (Å²) in [6, 6.07) is 16.3. The van der Waals surface area contributed by atoms with E-state index in [1.54, 1.807) is 0 Å². The van der Waals surface area contributed by atoms with Crippen molar-refractivity contribution in [2.45, 2.75) is 52.2 Å². The summed E-state index contributed by atoms with van der Waals surface area (Å²) in [5.74, 6) is 0.671. The molecule has 0 radical (unpaired) electrons. The standard InChI is InChI=1S/C31H38N4O3/c1-3-5-26-20-32-31(33-21-26)35-17-15-34(16-18-35)22-24-7-9-25(10-8-24)23-38-29-13-11-27(12-14-29)28(6-4-2)19-30(36)37/h4,6-14,20-21,28H,3,5,15-19,22-23H2,1-2H3,(H,36,37). The van der Waals surface area contributed by atoms with Gasteiger partial charge in [0.05, 0.1) is 6.42 Å². The van der Waals surface area contributed by atoms with Crippen LogP contribution in [-0.4, -0.2) is 52.1 Å². The van der Waals surface area contributed by atoms with Crippen LogP contribution in [0.3, 0.4) is 0 Å². The molecular weight excluding hydrogens is 476 g/mol. The molecule has 2 heterocycles. The molecule has 3 aromatic rings. The first-order valence-electron chi connectivity index (χ1n) is 13.5. The van der Waals surface area contributed by atoms with E-state index in [2.05, 4.69) is 51.0 Å². The number of aryl methyl sites for hydroxylation is 1. The van der Waals surface area contributed by atoms with Crippen molar-refractivity contribution in [3.05, 3.63) is 95.3 Å². The number of carbonyl (C=O) groups is 1. The zero-order chi connectivity index (χ0) is 26.7. The van der Waals surface area contributed by atoms with Crippen molar-refractivity contribution in [3.8, 4) is 5.75 Å². The van der Waals surface area contributed by atoms with Gasteiger partial charge in [0, 0.05) is 51.0 Å². The number of ether oxygens (including phenoxy) is 1. The Morgan fingerprint density at radius 2 is 1.63 bits per heavy atom. The van der Waals surface area contributed by atoms with Gasteiger partial charge in [-0.2, -0.15) is 0 Å². The minimum atomic E-state index is -0.804. The Morgan fingerprint density at radius 1 is 0.974 bits per heavy atom. The number of nitrogens with zero attached hydrogens (tertiary/aromatic N) is 4. The first-order valence-corrected chi connectivity index (χ1v) is 13.5. The van der Waals surface area contributed by atoms with E-state index in [1.807, 2.05) is 55.7 Å². The summed E-state index contributed by atoms with van der Waals surface area (Å²) in [5.41, 5.74) is 4.58. The Hall–Kier alpha value is -3.71. The number of hydrogen-bond donors (Lipinski definition) is 1. The highest BCUT2D eigenvalue weighted by molar-refractivity contribution is 5.68. The maximum Gasteiger partial charge on any atom is 0.304 e. The highest BCUT2D eigenvalue weighted by atomic mass is 16.5. The Bertz CT molecular complexity index is 1170. The first-order chi connectivity index (χ1) is 18.5. The number of benzene rings is 2. The molecule has 1 atom stereocenters. The van der Waals surface area contributed by atoms with Crippen molar-refractivity contribution in [2.24, 2.45) is 0 Å². The molecule has 7 nitrogen and oxygen atoms in total. The molecule has 200 valence electrons. The van der Waals surface area contributed by atoms with Crippen LogP contribution in [0.5, 0.6) is 5.75 Å². The van der Waals surface area contributed by atoms with Crippen molar-refractivity contribution >= 4 is 11.9 Å². The van der Waals surface area contributed by atoms with Crippen LogP contribution in [0.4, 0.5) is 5.95 Å². The van der Waals surface area contributed by atoms with E-state index in [9.17, 15) is 4.79 Å². The van der Waals surface area contributed by atoms with Gasteiger partial charge in [0.1, 0.15) is 12.4 Å².